The Bertz CT molecular complexity index is 256. The van der Waals surface area contributed by atoms with Crippen molar-refractivity contribution in [2.45, 2.75) is 51.4 Å². The molecule has 2 aliphatic rings. The van der Waals surface area contributed by atoms with Gasteiger partial charge in [0.2, 0.25) is 5.92 Å². The molecule has 0 aromatic carbocycles. The molecule has 0 aromatic rings. The molecule has 3 heteroatoms. The largest absolute Gasteiger partial charge is 0.303 e. The van der Waals surface area contributed by atoms with Gasteiger partial charge in [0.25, 0.3) is 0 Å². The molecule has 15 heavy (non-hydrogen) atoms. The number of hydrogen-bond donors (Lipinski definition) is 0. The van der Waals surface area contributed by atoms with Gasteiger partial charge in [0.15, 0.2) is 0 Å². The molecule has 0 bridgehead atoms. The first-order chi connectivity index (χ1) is 6.95. The molecule has 2 unspecified atom stereocenters. The van der Waals surface area contributed by atoms with E-state index in [1.54, 1.807) is 0 Å². The normalized spacial score (nSPS) is 40.1. The van der Waals surface area contributed by atoms with Crippen LogP contribution in [0.4, 0.5) is 8.78 Å². The van der Waals surface area contributed by atoms with E-state index in [1.165, 1.54) is 0 Å². The van der Waals surface area contributed by atoms with Crippen LogP contribution in [-0.2, 0) is 4.79 Å². The molecule has 0 radical (unpaired) electrons. The van der Waals surface area contributed by atoms with E-state index in [-0.39, 0.29) is 24.2 Å². The SMILES string of the molecule is CC1CCC(C=O)(CC2CC(F)(F)C2)C1. The molecular weight excluding hydrogens is 198 g/mol. The summed E-state index contributed by atoms with van der Waals surface area (Å²) in [5, 5.41) is 0. The van der Waals surface area contributed by atoms with Gasteiger partial charge in [0, 0.05) is 18.3 Å². The van der Waals surface area contributed by atoms with E-state index in [0.29, 0.717) is 12.3 Å². The van der Waals surface area contributed by atoms with Gasteiger partial charge in [0.1, 0.15) is 6.29 Å². The van der Waals surface area contributed by atoms with Crippen molar-refractivity contribution in [1.29, 1.82) is 0 Å². The lowest BCUT2D eigenvalue weighted by Gasteiger charge is -2.39. The van der Waals surface area contributed by atoms with Crippen molar-refractivity contribution < 1.29 is 13.6 Å². The Kier molecular flexibility index (Phi) is 2.60. The van der Waals surface area contributed by atoms with Gasteiger partial charge in [-0.05, 0) is 37.5 Å². The van der Waals surface area contributed by atoms with Crippen molar-refractivity contribution in [3.63, 3.8) is 0 Å². The molecule has 2 aliphatic carbocycles. The van der Waals surface area contributed by atoms with E-state index >= 15 is 0 Å². The molecular formula is C12H18F2O. The summed E-state index contributed by atoms with van der Waals surface area (Å²) in [4.78, 5) is 11.1. The van der Waals surface area contributed by atoms with Crippen LogP contribution in [0.2, 0.25) is 0 Å². The predicted molar refractivity (Wildman–Crippen MR) is 53.8 cm³/mol. The Morgan fingerprint density at radius 3 is 2.40 bits per heavy atom. The van der Waals surface area contributed by atoms with Crippen LogP contribution >= 0.6 is 0 Å². The minimum Gasteiger partial charge on any atom is -0.303 e. The van der Waals surface area contributed by atoms with Crippen LogP contribution in [0.3, 0.4) is 0 Å². The standard InChI is InChI=1S/C12H18F2O/c1-9-2-3-11(4-9,8-15)5-10-6-12(13,14)7-10/h8-10H,2-7H2,1H3. The van der Waals surface area contributed by atoms with Crippen molar-refractivity contribution in [3.05, 3.63) is 0 Å². The molecule has 2 saturated carbocycles. The lowest BCUT2D eigenvalue weighted by molar-refractivity contribution is -0.131. The highest BCUT2D eigenvalue weighted by Gasteiger charge is 2.49. The monoisotopic (exact) mass is 216 g/mol. The summed E-state index contributed by atoms with van der Waals surface area (Å²) in [5.41, 5.74) is -0.263. The molecule has 0 heterocycles. The number of rotatable bonds is 3. The Balaban J connectivity index is 1.90. The van der Waals surface area contributed by atoms with E-state index in [0.717, 1.165) is 25.5 Å². The highest BCUT2D eigenvalue weighted by molar-refractivity contribution is 5.60. The molecule has 0 aromatic heterocycles. The van der Waals surface area contributed by atoms with Crippen LogP contribution in [-0.4, -0.2) is 12.2 Å². The van der Waals surface area contributed by atoms with Crippen LogP contribution in [0.25, 0.3) is 0 Å². The predicted octanol–water partition coefficient (Wildman–Crippen LogP) is 3.43. The Morgan fingerprint density at radius 1 is 1.33 bits per heavy atom. The van der Waals surface area contributed by atoms with E-state index in [9.17, 15) is 13.6 Å². The van der Waals surface area contributed by atoms with Crippen LogP contribution in [0.5, 0.6) is 0 Å². The fourth-order valence-electron chi connectivity index (χ4n) is 3.28. The number of hydrogen-bond acceptors (Lipinski definition) is 1. The minimum absolute atomic E-state index is 0.00301. The molecule has 0 N–H and O–H groups in total. The van der Waals surface area contributed by atoms with E-state index in [1.807, 2.05) is 0 Å². The topological polar surface area (TPSA) is 17.1 Å². The Hall–Kier alpha value is -0.470. The first kappa shape index (κ1) is 11.0. The minimum atomic E-state index is -2.45. The second kappa shape index (κ2) is 3.53. The maximum Gasteiger partial charge on any atom is 0.248 e. The van der Waals surface area contributed by atoms with Gasteiger partial charge in [-0.3, -0.25) is 0 Å². The second-order valence-corrected chi connectivity index (χ2v) is 5.66. The summed E-state index contributed by atoms with van der Waals surface area (Å²) in [6.45, 7) is 2.14. The van der Waals surface area contributed by atoms with Gasteiger partial charge in [-0.2, -0.15) is 0 Å². The van der Waals surface area contributed by atoms with Crippen LogP contribution in [0, 0.1) is 17.3 Å². The zero-order chi connectivity index (χ0) is 11.1. The smallest absolute Gasteiger partial charge is 0.248 e. The lowest BCUT2D eigenvalue weighted by atomic mass is 9.69. The van der Waals surface area contributed by atoms with Crippen molar-refractivity contribution in [3.8, 4) is 0 Å². The summed E-state index contributed by atoms with van der Waals surface area (Å²) >= 11 is 0. The third-order valence-corrected chi connectivity index (χ3v) is 4.01. The number of carbonyl (C=O) groups excluding carboxylic acids is 1. The molecule has 0 amide bonds. The molecule has 2 rings (SSSR count). The third kappa shape index (κ3) is 2.21. The first-order valence-corrected chi connectivity index (χ1v) is 5.79. The average molecular weight is 216 g/mol. The highest BCUT2D eigenvalue weighted by Crippen LogP contribution is 2.52. The van der Waals surface area contributed by atoms with Crippen LogP contribution in [0.15, 0.2) is 0 Å². The van der Waals surface area contributed by atoms with Gasteiger partial charge in [0.05, 0.1) is 0 Å². The van der Waals surface area contributed by atoms with Crippen molar-refractivity contribution in [2.75, 3.05) is 0 Å². The second-order valence-electron chi connectivity index (χ2n) is 5.66. The molecule has 2 atom stereocenters. The zero-order valence-corrected chi connectivity index (χ0v) is 9.14. The van der Waals surface area contributed by atoms with Gasteiger partial charge in [-0.1, -0.05) is 6.92 Å². The molecule has 0 spiro atoms. The van der Waals surface area contributed by atoms with Crippen molar-refractivity contribution in [1.82, 2.24) is 0 Å². The lowest BCUT2D eigenvalue weighted by Crippen LogP contribution is -2.38. The number of aldehydes is 1. The quantitative estimate of drug-likeness (QED) is 0.660. The molecule has 1 nitrogen and oxygen atoms in total. The Labute approximate surface area is 89.2 Å². The van der Waals surface area contributed by atoms with E-state index < -0.39 is 5.92 Å². The number of alkyl halides is 2. The summed E-state index contributed by atoms with van der Waals surface area (Å²) < 4.78 is 25.4. The summed E-state index contributed by atoms with van der Waals surface area (Å²) in [7, 11) is 0. The van der Waals surface area contributed by atoms with Gasteiger partial charge >= 0.3 is 0 Å². The summed E-state index contributed by atoms with van der Waals surface area (Å²) in [6, 6.07) is 0. The third-order valence-electron chi connectivity index (χ3n) is 4.01. The molecule has 2 fully saturated rings. The Morgan fingerprint density at radius 2 is 2.00 bits per heavy atom. The average Bonchev–Trinajstić information content (AvgIpc) is 2.45. The van der Waals surface area contributed by atoms with E-state index in [2.05, 4.69) is 6.92 Å². The van der Waals surface area contributed by atoms with Crippen molar-refractivity contribution in [2.24, 2.45) is 17.3 Å². The summed E-state index contributed by atoms with van der Waals surface area (Å²) in [6.07, 6.45) is 4.59. The van der Waals surface area contributed by atoms with Gasteiger partial charge in [-0.25, -0.2) is 8.78 Å². The molecule has 86 valence electrons. The number of halogens is 2. The van der Waals surface area contributed by atoms with Crippen LogP contribution in [0.1, 0.15) is 45.4 Å². The van der Waals surface area contributed by atoms with Crippen molar-refractivity contribution >= 4 is 6.29 Å². The fraction of sp³-hybridized carbons (Fsp3) is 0.917. The molecule has 0 saturated heterocycles. The number of carbonyl (C=O) groups is 1. The van der Waals surface area contributed by atoms with Crippen LogP contribution < -0.4 is 0 Å². The molecule has 0 aliphatic heterocycles. The zero-order valence-electron chi connectivity index (χ0n) is 9.14. The maximum atomic E-state index is 12.7. The van der Waals surface area contributed by atoms with Gasteiger partial charge in [-0.15, -0.1) is 0 Å². The van der Waals surface area contributed by atoms with E-state index in [4.69, 9.17) is 0 Å². The van der Waals surface area contributed by atoms with Gasteiger partial charge < -0.3 is 4.79 Å². The highest BCUT2D eigenvalue weighted by atomic mass is 19.3. The maximum absolute atomic E-state index is 12.7. The fourth-order valence-corrected chi connectivity index (χ4v) is 3.28. The first-order valence-electron chi connectivity index (χ1n) is 5.79. The summed E-state index contributed by atoms with van der Waals surface area (Å²) in [5.74, 6) is -1.79.